The summed E-state index contributed by atoms with van der Waals surface area (Å²) in [6.45, 7) is 0. The van der Waals surface area contributed by atoms with Crippen LogP contribution in [0.4, 0.5) is 0 Å². The maximum atomic E-state index is 12.7. The second kappa shape index (κ2) is 6.02. The zero-order valence-electron chi connectivity index (χ0n) is 14.2. The van der Waals surface area contributed by atoms with E-state index in [2.05, 4.69) is 17.3 Å². The summed E-state index contributed by atoms with van der Waals surface area (Å²) in [5, 5.41) is 5.25. The molecule has 1 saturated carbocycles. The molecular weight excluding hydrogens is 320 g/mol. The molecule has 6 heteroatoms. The highest BCUT2D eigenvalue weighted by atomic mass is 16.5. The molecule has 6 nitrogen and oxygen atoms in total. The number of allylic oxidation sites excluding steroid dienone is 2. The van der Waals surface area contributed by atoms with E-state index in [0.717, 1.165) is 17.9 Å². The van der Waals surface area contributed by atoms with Crippen molar-refractivity contribution in [2.45, 2.75) is 12.8 Å². The van der Waals surface area contributed by atoms with E-state index in [1.54, 1.807) is 32.4 Å². The van der Waals surface area contributed by atoms with E-state index < -0.39 is 0 Å². The van der Waals surface area contributed by atoms with Gasteiger partial charge in [0.05, 0.1) is 32.3 Å². The monoisotopic (exact) mass is 340 g/mol. The lowest BCUT2D eigenvalue weighted by atomic mass is 9.63. The Hall–Kier alpha value is -2.63. The highest BCUT2D eigenvalue weighted by molar-refractivity contribution is 6.06. The van der Waals surface area contributed by atoms with Crippen LogP contribution in [0.1, 0.15) is 18.4 Å². The number of hydrogen-bond acceptors (Lipinski definition) is 5. The third-order valence-corrected chi connectivity index (χ3v) is 5.49. The summed E-state index contributed by atoms with van der Waals surface area (Å²) < 4.78 is 10.5. The van der Waals surface area contributed by atoms with Gasteiger partial charge in [-0.15, -0.1) is 0 Å². The Bertz CT molecular complexity index is 754. The van der Waals surface area contributed by atoms with Crippen LogP contribution in [-0.4, -0.2) is 37.3 Å². The molecule has 3 aliphatic carbocycles. The van der Waals surface area contributed by atoms with Crippen LogP contribution in [0.2, 0.25) is 0 Å². The maximum absolute atomic E-state index is 12.7. The number of amides is 2. The van der Waals surface area contributed by atoms with Gasteiger partial charge in [-0.25, -0.2) is 0 Å². The van der Waals surface area contributed by atoms with Crippen molar-refractivity contribution in [2.75, 3.05) is 14.2 Å². The van der Waals surface area contributed by atoms with E-state index in [4.69, 9.17) is 9.47 Å². The van der Waals surface area contributed by atoms with Gasteiger partial charge in [0.15, 0.2) is 0 Å². The van der Waals surface area contributed by atoms with Crippen molar-refractivity contribution in [1.29, 1.82) is 0 Å². The molecule has 0 unspecified atom stereocenters. The van der Waals surface area contributed by atoms with E-state index in [9.17, 15) is 9.59 Å². The van der Waals surface area contributed by atoms with Crippen LogP contribution in [0.25, 0.3) is 0 Å². The van der Waals surface area contributed by atoms with E-state index in [1.165, 1.54) is 6.21 Å². The molecule has 1 saturated heterocycles. The number of hydrogen-bond donors (Lipinski definition) is 0. The second-order valence-electron chi connectivity index (χ2n) is 6.68. The van der Waals surface area contributed by atoms with Crippen LogP contribution < -0.4 is 9.47 Å². The topological polar surface area (TPSA) is 68.2 Å². The van der Waals surface area contributed by atoms with Crippen LogP contribution in [-0.2, 0) is 9.59 Å². The van der Waals surface area contributed by atoms with Gasteiger partial charge < -0.3 is 9.47 Å². The zero-order chi connectivity index (χ0) is 17.6. The molecular formula is C19H20N2O4. The second-order valence-corrected chi connectivity index (χ2v) is 6.68. The fraction of sp³-hybridized carbons (Fsp3) is 0.421. The Morgan fingerprint density at radius 1 is 1.04 bits per heavy atom. The van der Waals surface area contributed by atoms with Crippen molar-refractivity contribution in [3.05, 3.63) is 35.9 Å². The number of carbonyl (C=O) groups is 2. The number of methoxy groups -OCH3 is 2. The molecule has 0 radical (unpaired) electrons. The average molecular weight is 340 g/mol. The van der Waals surface area contributed by atoms with Crippen molar-refractivity contribution in [1.82, 2.24) is 5.01 Å². The lowest BCUT2D eigenvalue weighted by molar-refractivity contribution is -0.140. The van der Waals surface area contributed by atoms with E-state index in [0.29, 0.717) is 17.1 Å². The normalized spacial score (nSPS) is 30.2. The summed E-state index contributed by atoms with van der Waals surface area (Å²) >= 11 is 0. The first-order chi connectivity index (χ1) is 12.1. The van der Waals surface area contributed by atoms with Gasteiger partial charge >= 0.3 is 0 Å². The van der Waals surface area contributed by atoms with Crippen LogP contribution in [0.15, 0.2) is 35.5 Å². The predicted molar refractivity (Wildman–Crippen MR) is 91.3 cm³/mol. The molecule has 1 heterocycles. The minimum Gasteiger partial charge on any atom is -0.497 e. The Morgan fingerprint density at radius 3 is 2.20 bits per heavy atom. The SMILES string of the molecule is COc1ccc(/C=N\N2C(=O)[C@H]3[C@H](C2=O)[C@@H]2C=C[C@@H]3CC2)c(OC)c1. The van der Waals surface area contributed by atoms with Gasteiger partial charge in [0.1, 0.15) is 11.5 Å². The molecule has 130 valence electrons. The first-order valence-corrected chi connectivity index (χ1v) is 8.46. The van der Waals surface area contributed by atoms with Crippen LogP contribution in [0.3, 0.4) is 0 Å². The smallest absolute Gasteiger partial charge is 0.254 e. The van der Waals surface area contributed by atoms with Crippen molar-refractivity contribution in [2.24, 2.45) is 28.8 Å². The molecule has 5 rings (SSSR count). The molecule has 0 spiro atoms. The number of ether oxygens (including phenoxy) is 2. The van der Waals surface area contributed by atoms with Crippen molar-refractivity contribution in [3.63, 3.8) is 0 Å². The molecule has 0 N–H and O–H groups in total. The number of fused-ring (bicyclic) bond motifs is 1. The first kappa shape index (κ1) is 15.9. The molecule has 2 fully saturated rings. The Morgan fingerprint density at radius 2 is 1.68 bits per heavy atom. The van der Waals surface area contributed by atoms with Crippen LogP contribution in [0, 0.1) is 23.7 Å². The number of carbonyl (C=O) groups excluding carboxylic acids is 2. The molecule has 2 amide bonds. The fourth-order valence-corrected chi connectivity index (χ4v) is 4.22. The number of hydrazone groups is 1. The van der Waals surface area contributed by atoms with Gasteiger partial charge in [-0.1, -0.05) is 12.2 Å². The van der Waals surface area contributed by atoms with Crippen molar-refractivity contribution >= 4 is 18.0 Å². The third kappa shape index (κ3) is 2.44. The van der Waals surface area contributed by atoms with E-state index >= 15 is 0 Å². The molecule has 4 aliphatic rings. The fourth-order valence-electron chi connectivity index (χ4n) is 4.22. The quantitative estimate of drug-likeness (QED) is 0.479. The highest BCUT2D eigenvalue weighted by Crippen LogP contribution is 2.49. The van der Waals surface area contributed by atoms with E-state index in [1.807, 2.05) is 0 Å². The lowest BCUT2D eigenvalue weighted by Crippen LogP contribution is -2.38. The lowest BCUT2D eigenvalue weighted by Gasteiger charge is -2.37. The Balaban J connectivity index is 1.60. The molecule has 2 bridgehead atoms. The van der Waals surface area contributed by atoms with Crippen molar-refractivity contribution in [3.8, 4) is 11.5 Å². The van der Waals surface area contributed by atoms with Crippen LogP contribution in [0.5, 0.6) is 11.5 Å². The maximum Gasteiger partial charge on any atom is 0.254 e. The predicted octanol–water partition coefficient (Wildman–Crippen LogP) is 2.23. The summed E-state index contributed by atoms with van der Waals surface area (Å²) in [7, 11) is 3.13. The molecule has 4 atom stereocenters. The van der Waals surface area contributed by atoms with Gasteiger partial charge in [0.2, 0.25) is 0 Å². The number of nitrogens with zero attached hydrogens (tertiary/aromatic N) is 2. The van der Waals surface area contributed by atoms with Gasteiger partial charge in [-0.2, -0.15) is 10.1 Å². The molecule has 25 heavy (non-hydrogen) atoms. The summed E-state index contributed by atoms with van der Waals surface area (Å²) in [6, 6.07) is 5.30. The summed E-state index contributed by atoms with van der Waals surface area (Å²) in [5.41, 5.74) is 0.680. The Kier molecular flexibility index (Phi) is 3.82. The molecule has 1 aromatic carbocycles. The summed E-state index contributed by atoms with van der Waals surface area (Å²) in [6.07, 6.45) is 7.65. The third-order valence-electron chi connectivity index (χ3n) is 5.49. The summed E-state index contributed by atoms with van der Waals surface area (Å²) in [5.74, 6) is 0.717. The number of imide groups is 1. The van der Waals surface area contributed by atoms with Gasteiger partial charge in [0.25, 0.3) is 11.8 Å². The van der Waals surface area contributed by atoms with E-state index in [-0.39, 0.29) is 35.5 Å². The van der Waals surface area contributed by atoms with Crippen molar-refractivity contribution < 1.29 is 19.1 Å². The first-order valence-electron chi connectivity index (χ1n) is 8.46. The Labute approximate surface area is 146 Å². The zero-order valence-corrected chi connectivity index (χ0v) is 14.2. The minimum atomic E-state index is -0.244. The largest absolute Gasteiger partial charge is 0.497 e. The molecule has 0 aromatic heterocycles. The van der Waals surface area contributed by atoms with Gasteiger partial charge in [-0.05, 0) is 36.8 Å². The summed E-state index contributed by atoms with van der Waals surface area (Å²) in [4.78, 5) is 25.4. The molecule has 1 aliphatic heterocycles. The highest BCUT2D eigenvalue weighted by Gasteiger charge is 2.56. The number of benzene rings is 1. The van der Waals surface area contributed by atoms with Gasteiger partial charge in [-0.3, -0.25) is 9.59 Å². The van der Waals surface area contributed by atoms with Gasteiger partial charge in [0, 0.05) is 11.6 Å². The minimum absolute atomic E-state index is 0.169. The average Bonchev–Trinajstić information content (AvgIpc) is 2.93. The standard InChI is InChI=1S/C19H20N2O4/c1-24-14-8-7-13(15(9-14)25-2)10-20-21-18(22)16-11-3-4-12(6-5-11)17(16)19(21)23/h3-4,7-12,16-17H,5-6H2,1-2H3/b20-10-/t11-,12-,16-,17-/m1/s1. The molecule has 1 aromatic rings. The van der Waals surface area contributed by atoms with Crippen LogP contribution >= 0.6 is 0 Å². The number of rotatable bonds is 4.